The predicted octanol–water partition coefficient (Wildman–Crippen LogP) is 4.12. The Morgan fingerprint density at radius 3 is 2.63 bits per heavy atom. The first-order chi connectivity index (χ1) is 9.31. The second-order valence-electron chi connectivity index (χ2n) is 6.82. The molecule has 3 rings (SSSR count). The molecule has 2 aliphatic heterocycles. The van der Waals surface area contributed by atoms with Gasteiger partial charge in [-0.05, 0) is 45.1 Å². The Morgan fingerprint density at radius 2 is 1.84 bits per heavy atom. The van der Waals surface area contributed by atoms with E-state index in [-0.39, 0.29) is 0 Å². The van der Waals surface area contributed by atoms with Crippen LogP contribution in [0, 0.1) is 0 Å². The third kappa shape index (κ3) is 3.36. The Kier molecular flexibility index (Phi) is 4.86. The van der Waals surface area contributed by atoms with Gasteiger partial charge in [-0.15, -0.1) is 0 Å². The molecule has 0 bridgehead atoms. The van der Waals surface area contributed by atoms with Gasteiger partial charge in [-0.1, -0.05) is 41.6 Å². The number of halogens is 1. The second-order valence-corrected chi connectivity index (χ2v) is 7.47. The molecule has 0 aromatic carbocycles. The number of hydrogen-bond acceptors (Lipinski definition) is 2. The molecule has 2 saturated heterocycles. The average Bonchev–Trinajstić information content (AvgIpc) is 2.97. The molecule has 0 N–H and O–H groups in total. The monoisotopic (exact) mass is 329 g/mol. The van der Waals surface area contributed by atoms with Crippen molar-refractivity contribution < 1.29 is 4.74 Å². The van der Waals surface area contributed by atoms with E-state index in [0.717, 1.165) is 11.4 Å². The summed E-state index contributed by atoms with van der Waals surface area (Å²) in [5.41, 5.74) is 0.306. The van der Waals surface area contributed by atoms with Crippen molar-refractivity contribution >= 4 is 15.9 Å². The van der Waals surface area contributed by atoms with Crippen molar-refractivity contribution in [3.8, 4) is 0 Å². The predicted molar refractivity (Wildman–Crippen MR) is 82.9 cm³/mol. The molecule has 2 unspecified atom stereocenters. The fraction of sp³-hybridized carbons (Fsp3) is 1.00. The normalized spacial score (nSPS) is 35.8. The summed E-state index contributed by atoms with van der Waals surface area (Å²) >= 11 is 3.71. The largest absolute Gasteiger partial charge is 0.370 e. The lowest BCUT2D eigenvalue weighted by molar-refractivity contribution is -0.0501. The second kappa shape index (κ2) is 6.44. The molecule has 2 atom stereocenters. The standard InChI is InChI=1S/C16H28BrNO/c17-12-14-6-2-1-5-11-18(14)13-15-7-10-16(19-15)8-3-4-9-16/h14-15H,1-13H2. The van der Waals surface area contributed by atoms with E-state index >= 15 is 0 Å². The highest BCUT2D eigenvalue weighted by atomic mass is 79.9. The Balaban J connectivity index is 1.55. The van der Waals surface area contributed by atoms with E-state index in [1.807, 2.05) is 0 Å². The third-order valence-electron chi connectivity index (χ3n) is 5.47. The van der Waals surface area contributed by atoms with E-state index in [1.165, 1.54) is 77.3 Å². The Morgan fingerprint density at radius 1 is 1.00 bits per heavy atom. The van der Waals surface area contributed by atoms with Gasteiger partial charge in [-0.2, -0.15) is 0 Å². The Bertz CT molecular complexity index is 290. The van der Waals surface area contributed by atoms with E-state index in [2.05, 4.69) is 20.8 Å². The van der Waals surface area contributed by atoms with Crippen LogP contribution in [0.15, 0.2) is 0 Å². The van der Waals surface area contributed by atoms with Gasteiger partial charge < -0.3 is 4.74 Å². The highest BCUT2D eigenvalue weighted by Gasteiger charge is 2.42. The first-order valence-electron chi connectivity index (χ1n) is 8.29. The van der Waals surface area contributed by atoms with Crippen LogP contribution in [-0.2, 0) is 4.74 Å². The smallest absolute Gasteiger partial charge is 0.0710 e. The molecule has 3 aliphatic rings. The zero-order chi connectivity index (χ0) is 13.1. The topological polar surface area (TPSA) is 12.5 Å². The van der Waals surface area contributed by atoms with Crippen molar-refractivity contribution in [2.45, 2.75) is 82.0 Å². The van der Waals surface area contributed by atoms with E-state index in [9.17, 15) is 0 Å². The Labute approximate surface area is 126 Å². The van der Waals surface area contributed by atoms with Crippen molar-refractivity contribution in [2.75, 3.05) is 18.4 Å². The van der Waals surface area contributed by atoms with E-state index in [4.69, 9.17) is 4.74 Å². The fourth-order valence-corrected chi connectivity index (χ4v) is 5.06. The van der Waals surface area contributed by atoms with Crippen LogP contribution >= 0.6 is 15.9 Å². The minimum Gasteiger partial charge on any atom is -0.370 e. The molecular formula is C16H28BrNO. The summed E-state index contributed by atoms with van der Waals surface area (Å²) in [6.07, 6.45) is 14.1. The summed E-state index contributed by atoms with van der Waals surface area (Å²) in [5.74, 6) is 0. The number of nitrogens with zero attached hydrogens (tertiary/aromatic N) is 1. The molecule has 2 heterocycles. The van der Waals surface area contributed by atoms with E-state index < -0.39 is 0 Å². The van der Waals surface area contributed by atoms with Gasteiger partial charge in [0.15, 0.2) is 0 Å². The summed E-state index contributed by atoms with van der Waals surface area (Å²) in [7, 11) is 0. The average molecular weight is 330 g/mol. The van der Waals surface area contributed by atoms with Crippen LogP contribution in [-0.4, -0.2) is 41.1 Å². The number of hydrogen-bond donors (Lipinski definition) is 0. The lowest BCUT2D eigenvalue weighted by atomic mass is 9.98. The molecular weight excluding hydrogens is 302 g/mol. The molecule has 3 fully saturated rings. The van der Waals surface area contributed by atoms with Crippen molar-refractivity contribution in [1.82, 2.24) is 4.90 Å². The zero-order valence-electron chi connectivity index (χ0n) is 12.1. The minimum absolute atomic E-state index is 0.306. The maximum absolute atomic E-state index is 6.49. The summed E-state index contributed by atoms with van der Waals surface area (Å²) in [4.78, 5) is 2.71. The maximum atomic E-state index is 6.49. The highest BCUT2D eigenvalue weighted by Crippen LogP contribution is 2.43. The van der Waals surface area contributed by atoms with Gasteiger partial charge in [-0.3, -0.25) is 4.90 Å². The first kappa shape index (κ1) is 14.3. The quantitative estimate of drug-likeness (QED) is 0.722. The molecule has 1 saturated carbocycles. The molecule has 1 spiro atoms. The zero-order valence-corrected chi connectivity index (χ0v) is 13.7. The molecule has 0 radical (unpaired) electrons. The van der Waals surface area contributed by atoms with Crippen molar-refractivity contribution in [2.24, 2.45) is 0 Å². The third-order valence-corrected chi connectivity index (χ3v) is 6.22. The van der Waals surface area contributed by atoms with Gasteiger partial charge in [-0.25, -0.2) is 0 Å². The van der Waals surface area contributed by atoms with Crippen LogP contribution in [0.25, 0.3) is 0 Å². The first-order valence-corrected chi connectivity index (χ1v) is 9.41. The van der Waals surface area contributed by atoms with Crippen LogP contribution in [0.5, 0.6) is 0 Å². The van der Waals surface area contributed by atoms with Crippen LogP contribution in [0.4, 0.5) is 0 Å². The van der Waals surface area contributed by atoms with Crippen molar-refractivity contribution in [1.29, 1.82) is 0 Å². The van der Waals surface area contributed by atoms with Crippen molar-refractivity contribution in [3.05, 3.63) is 0 Å². The number of rotatable bonds is 3. The maximum Gasteiger partial charge on any atom is 0.0710 e. The van der Waals surface area contributed by atoms with Gasteiger partial charge >= 0.3 is 0 Å². The number of likely N-dealkylation sites (tertiary alicyclic amines) is 1. The van der Waals surface area contributed by atoms with Crippen LogP contribution in [0.1, 0.15) is 64.2 Å². The summed E-state index contributed by atoms with van der Waals surface area (Å²) in [6, 6.07) is 0.742. The highest BCUT2D eigenvalue weighted by molar-refractivity contribution is 9.09. The van der Waals surface area contributed by atoms with Gasteiger partial charge in [0, 0.05) is 17.9 Å². The van der Waals surface area contributed by atoms with E-state index in [0.29, 0.717) is 11.7 Å². The lowest BCUT2D eigenvalue weighted by Crippen LogP contribution is -2.41. The van der Waals surface area contributed by atoms with Crippen LogP contribution < -0.4 is 0 Å². The molecule has 1 aliphatic carbocycles. The van der Waals surface area contributed by atoms with Crippen molar-refractivity contribution in [3.63, 3.8) is 0 Å². The molecule has 0 aromatic heterocycles. The molecule has 0 amide bonds. The molecule has 2 nitrogen and oxygen atoms in total. The van der Waals surface area contributed by atoms with Gasteiger partial charge in [0.05, 0.1) is 11.7 Å². The Hall–Kier alpha value is 0.400. The minimum atomic E-state index is 0.306. The van der Waals surface area contributed by atoms with Gasteiger partial charge in [0.25, 0.3) is 0 Å². The molecule has 0 aromatic rings. The molecule has 110 valence electrons. The van der Waals surface area contributed by atoms with Crippen LogP contribution in [0.2, 0.25) is 0 Å². The van der Waals surface area contributed by atoms with Gasteiger partial charge in [0.2, 0.25) is 0 Å². The number of alkyl halides is 1. The summed E-state index contributed by atoms with van der Waals surface area (Å²) in [6.45, 7) is 2.46. The fourth-order valence-electron chi connectivity index (χ4n) is 4.32. The van der Waals surface area contributed by atoms with Crippen LogP contribution in [0.3, 0.4) is 0 Å². The molecule has 3 heteroatoms. The van der Waals surface area contributed by atoms with E-state index in [1.54, 1.807) is 0 Å². The summed E-state index contributed by atoms with van der Waals surface area (Å²) < 4.78 is 6.49. The lowest BCUT2D eigenvalue weighted by Gasteiger charge is -2.32. The number of ether oxygens (including phenoxy) is 1. The molecule has 19 heavy (non-hydrogen) atoms. The SMILES string of the molecule is BrCC1CCCCCN1CC1CCC2(CCCC2)O1. The summed E-state index contributed by atoms with van der Waals surface area (Å²) in [5, 5.41) is 1.13. The van der Waals surface area contributed by atoms with Gasteiger partial charge in [0.1, 0.15) is 0 Å².